The molecule has 0 aliphatic rings. The molecule has 0 saturated carbocycles. The van der Waals surface area contributed by atoms with Crippen molar-refractivity contribution in [1.29, 1.82) is 0 Å². The number of aliphatic hydroxyl groups is 1. The quantitative estimate of drug-likeness (QED) is 0.621. The molecule has 0 rings (SSSR count). The van der Waals surface area contributed by atoms with Crippen LogP contribution in [-0.2, 0) is 0 Å². The Balaban J connectivity index is 3.88. The third-order valence-electron chi connectivity index (χ3n) is 2.21. The Hall–Kier alpha value is -0.300. The number of hydrogen-bond donors (Lipinski definition) is 1. The lowest BCUT2D eigenvalue weighted by Gasteiger charge is -2.26. The third-order valence-corrected chi connectivity index (χ3v) is 2.21. The molecule has 71 valence electrons. The monoisotopic (exact) mass is 169 g/mol. The van der Waals surface area contributed by atoms with Gasteiger partial charge in [0.15, 0.2) is 0 Å². The molecule has 0 fully saturated rings. The molecule has 0 spiro atoms. The summed E-state index contributed by atoms with van der Waals surface area (Å²) in [5.41, 5.74) is -0.459. The zero-order chi connectivity index (χ0) is 9.45. The summed E-state index contributed by atoms with van der Waals surface area (Å²) in [7, 11) is 0. The van der Waals surface area contributed by atoms with Crippen LogP contribution < -0.4 is 0 Å². The van der Waals surface area contributed by atoms with Crippen LogP contribution in [0.1, 0.15) is 52.4 Å². The maximum absolute atomic E-state index is 10.1. The summed E-state index contributed by atoms with van der Waals surface area (Å²) < 4.78 is 0. The van der Waals surface area contributed by atoms with Crippen molar-refractivity contribution in [2.45, 2.75) is 58.0 Å². The number of hydrogen-bond acceptors (Lipinski definition) is 1. The second-order valence-electron chi connectivity index (χ2n) is 3.50. The van der Waals surface area contributed by atoms with Crippen LogP contribution in [0.15, 0.2) is 6.08 Å². The van der Waals surface area contributed by atoms with E-state index in [1.54, 1.807) is 6.08 Å². The van der Waals surface area contributed by atoms with Gasteiger partial charge in [-0.15, -0.1) is 0 Å². The first-order valence-electron chi connectivity index (χ1n) is 4.94. The summed E-state index contributed by atoms with van der Waals surface area (Å²) in [6.45, 7) is 9.50. The van der Waals surface area contributed by atoms with Crippen molar-refractivity contribution >= 4 is 0 Å². The summed E-state index contributed by atoms with van der Waals surface area (Å²) in [6, 6.07) is 0. The molecule has 0 aromatic heterocycles. The van der Waals surface area contributed by atoms with Gasteiger partial charge in [0, 0.05) is 0 Å². The second-order valence-corrected chi connectivity index (χ2v) is 3.50. The number of allylic oxidation sites excluding steroid dienone is 1. The fourth-order valence-electron chi connectivity index (χ4n) is 1.66. The first kappa shape index (κ1) is 11.7. The Morgan fingerprint density at radius 1 is 1.17 bits per heavy atom. The van der Waals surface area contributed by atoms with Gasteiger partial charge in [-0.3, -0.25) is 0 Å². The minimum atomic E-state index is -0.459. The molecule has 12 heavy (non-hydrogen) atoms. The molecule has 0 aromatic rings. The summed E-state index contributed by atoms with van der Waals surface area (Å²) in [4.78, 5) is 0. The Bertz CT molecular complexity index is 112. The van der Waals surface area contributed by atoms with Gasteiger partial charge in [0.05, 0.1) is 5.60 Å². The van der Waals surface area contributed by atoms with Crippen LogP contribution in [0.5, 0.6) is 0 Å². The lowest BCUT2D eigenvalue weighted by Crippen LogP contribution is -2.27. The van der Waals surface area contributed by atoms with Crippen molar-refractivity contribution in [3.8, 4) is 0 Å². The Morgan fingerprint density at radius 2 is 1.67 bits per heavy atom. The van der Waals surface area contributed by atoms with Gasteiger partial charge in [-0.1, -0.05) is 39.3 Å². The molecule has 0 bridgehead atoms. The van der Waals surface area contributed by atoms with Crippen molar-refractivity contribution in [2.24, 2.45) is 0 Å². The van der Waals surface area contributed by atoms with E-state index in [1.807, 2.05) is 0 Å². The van der Waals surface area contributed by atoms with Crippen LogP contribution in [0.4, 0.5) is 0 Å². The van der Waals surface area contributed by atoms with Gasteiger partial charge in [0.25, 0.3) is 0 Å². The van der Waals surface area contributed by atoms with Crippen LogP contribution in [0.25, 0.3) is 0 Å². The Morgan fingerprint density at radius 3 is 2.00 bits per heavy atom. The fraction of sp³-hybridized carbons (Fsp3) is 0.818. The van der Waals surface area contributed by atoms with Gasteiger partial charge in [0.2, 0.25) is 0 Å². The third kappa shape index (κ3) is 4.55. The molecule has 0 aliphatic heterocycles. The molecule has 0 unspecified atom stereocenters. The highest BCUT2D eigenvalue weighted by Gasteiger charge is 2.23. The molecule has 1 N–H and O–H groups in total. The molecule has 0 aromatic carbocycles. The lowest BCUT2D eigenvalue weighted by molar-refractivity contribution is 0.0138. The van der Waals surface area contributed by atoms with E-state index in [2.05, 4.69) is 13.8 Å². The van der Waals surface area contributed by atoms with Gasteiger partial charge in [-0.05, 0) is 25.7 Å². The molecule has 1 radical (unpaired) electrons. The smallest absolute Gasteiger partial charge is 0.0650 e. The molecule has 0 amide bonds. The van der Waals surface area contributed by atoms with Gasteiger partial charge in [-0.2, -0.15) is 0 Å². The average molecular weight is 169 g/mol. The molecular formula is C11H21O. The zero-order valence-corrected chi connectivity index (χ0v) is 8.34. The standard InChI is InChI=1S/C11H21O/c1-4-7-10-11(12,8-5-2)9-6-3/h1,4,12H,5-10H2,2-3H3. The highest BCUT2D eigenvalue weighted by atomic mass is 16.3. The van der Waals surface area contributed by atoms with E-state index in [4.69, 9.17) is 6.58 Å². The van der Waals surface area contributed by atoms with Crippen molar-refractivity contribution in [2.75, 3.05) is 0 Å². The molecule has 1 nitrogen and oxygen atoms in total. The topological polar surface area (TPSA) is 20.2 Å². The van der Waals surface area contributed by atoms with E-state index in [9.17, 15) is 5.11 Å². The van der Waals surface area contributed by atoms with Crippen molar-refractivity contribution < 1.29 is 5.11 Å². The van der Waals surface area contributed by atoms with E-state index in [0.717, 1.165) is 38.5 Å². The predicted octanol–water partition coefficient (Wildman–Crippen LogP) is 3.09. The van der Waals surface area contributed by atoms with Crippen LogP contribution >= 0.6 is 0 Å². The second kappa shape index (κ2) is 6.24. The van der Waals surface area contributed by atoms with E-state index in [1.165, 1.54) is 0 Å². The van der Waals surface area contributed by atoms with Gasteiger partial charge < -0.3 is 5.11 Å². The maximum atomic E-state index is 10.1. The summed E-state index contributed by atoms with van der Waals surface area (Å²) in [5.74, 6) is 0. The summed E-state index contributed by atoms with van der Waals surface area (Å²) in [5, 5.41) is 10.1. The highest BCUT2D eigenvalue weighted by molar-refractivity contribution is 4.80. The van der Waals surface area contributed by atoms with E-state index in [0.29, 0.717) is 0 Å². The molecule has 1 heteroatoms. The lowest BCUT2D eigenvalue weighted by atomic mass is 9.88. The van der Waals surface area contributed by atoms with Crippen LogP contribution in [0, 0.1) is 6.58 Å². The highest BCUT2D eigenvalue weighted by Crippen LogP contribution is 2.24. The molecule has 0 atom stereocenters. The SMILES string of the molecule is [CH]=CCCC(O)(CCC)CCC. The maximum Gasteiger partial charge on any atom is 0.0650 e. The van der Waals surface area contributed by atoms with Crippen molar-refractivity contribution in [1.82, 2.24) is 0 Å². The Labute approximate surface area is 76.5 Å². The summed E-state index contributed by atoms with van der Waals surface area (Å²) in [6.07, 6.45) is 7.14. The van der Waals surface area contributed by atoms with E-state index >= 15 is 0 Å². The molecule has 0 heterocycles. The van der Waals surface area contributed by atoms with E-state index < -0.39 is 5.60 Å². The van der Waals surface area contributed by atoms with Crippen LogP contribution in [0.3, 0.4) is 0 Å². The largest absolute Gasteiger partial charge is 0.390 e. The molecule has 0 aliphatic carbocycles. The minimum absolute atomic E-state index is 0.459. The first-order chi connectivity index (χ1) is 5.68. The molecular weight excluding hydrogens is 148 g/mol. The predicted molar refractivity (Wildman–Crippen MR) is 52.9 cm³/mol. The van der Waals surface area contributed by atoms with Crippen LogP contribution in [0.2, 0.25) is 0 Å². The van der Waals surface area contributed by atoms with Gasteiger partial charge in [-0.25, -0.2) is 0 Å². The first-order valence-corrected chi connectivity index (χ1v) is 4.94. The van der Waals surface area contributed by atoms with Crippen LogP contribution in [-0.4, -0.2) is 10.7 Å². The average Bonchev–Trinajstić information content (AvgIpc) is 2.02. The van der Waals surface area contributed by atoms with Crippen molar-refractivity contribution in [3.63, 3.8) is 0 Å². The van der Waals surface area contributed by atoms with Crippen molar-refractivity contribution in [3.05, 3.63) is 12.7 Å². The van der Waals surface area contributed by atoms with E-state index in [-0.39, 0.29) is 0 Å². The van der Waals surface area contributed by atoms with Gasteiger partial charge in [0.1, 0.15) is 0 Å². The normalized spacial score (nSPS) is 11.6. The Kier molecular flexibility index (Phi) is 6.09. The zero-order valence-electron chi connectivity index (χ0n) is 8.34. The minimum Gasteiger partial charge on any atom is -0.390 e. The fourth-order valence-corrected chi connectivity index (χ4v) is 1.66. The van der Waals surface area contributed by atoms with Gasteiger partial charge >= 0.3 is 0 Å². The summed E-state index contributed by atoms with van der Waals surface area (Å²) >= 11 is 0. The molecule has 0 saturated heterocycles. The number of rotatable bonds is 7.